The number of carbonyl (C=O) groups excluding carboxylic acids is 1. The Labute approximate surface area is 130 Å². The molecule has 1 amide bonds. The van der Waals surface area contributed by atoms with Crippen molar-refractivity contribution in [2.45, 2.75) is 45.7 Å². The summed E-state index contributed by atoms with van der Waals surface area (Å²) >= 11 is 0. The van der Waals surface area contributed by atoms with E-state index in [0.29, 0.717) is 25.3 Å². The molecule has 22 heavy (non-hydrogen) atoms. The third-order valence-electron chi connectivity index (χ3n) is 3.24. The minimum atomic E-state index is 0.0293. The Hall–Kier alpha value is -2.21. The third-order valence-corrected chi connectivity index (χ3v) is 3.24. The minimum absolute atomic E-state index is 0.0293. The minimum Gasteiger partial charge on any atom is -0.348 e. The van der Waals surface area contributed by atoms with Gasteiger partial charge in [-0.2, -0.15) is 0 Å². The van der Waals surface area contributed by atoms with E-state index in [9.17, 15) is 4.79 Å². The van der Waals surface area contributed by atoms with Crippen molar-refractivity contribution in [1.82, 2.24) is 20.3 Å². The van der Waals surface area contributed by atoms with Crippen LogP contribution in [-0.2, 0) is 17.9 Å². The summed E-state index contributed by atoms with van der Waals surface area (Å²) in [4.78, 5) is 23.4. The fourth-order valence-electron chi connectivity index (χ4n) is 2.09. The van der Waals surface area contributed by atoms with Gasteiger partial charge in [-0.1, -0.05) is 25.8 Å². The Balaban J connectivity index is 1.77. The zero-order chi connectivity index (χ0) is 15.6. The maximum atomic E-state index is 11.8. The average molecular weight is 301 g/mol. The standard InChI is InChI=1S/C16H23N5O/c1-2-3-4-8-16(22)21-14-7-5-6-13(20-14)11-17-12-15-18-9-10-19-15/h5-7,9-10,17H,2-4,8,11-12H2,1H3,(H,18,19)(H,20,21,22). The summed E-state index contributed by atoms with van der Waals surface area (Å²) in [7, 11) is 0. The molecule has 0 bridgehead atoms. The van der Waals surface area contributed by atoms with Crippen LogP contribution in [0.3, 0.4) is 0 Å². The summed E-state index contributed by atoms with van der Waals surface area (Å²) in [6.45, 7) is 3.40. The van der Waals surface area contributed by atoms with Gasteiger partial charge in [0.15, 0.2) is 0 Å². The number of unbranched alkanes of at least 4 members (excludes halogenated alkanes) is 2. The van der Waals surface area contributed by atoms with Gasteiger partial charge in [0.05, 0.1) is 12.2 Å². The van der Waals surface area contributed by atoms with Gasteiger partial charge in [0.1, 0.15) is 11.6 Å². The van der Waals surface area contributed by atoms with Crippen LogP contribution in [0.5, 0.6) is 0 Å². The largest absolute Gasteiger partial charge is 0.348 e. The van der Waals surface area contributed by atoms with Crippen LogP contribution in [0.15, 0.2) is 30.6 Å². The number of aromatic nitrogens is 3. The predicted octanol–water partition coefficient (Wildman–Crippen LogP) is 2.61. The monoisotopic (exact) mass is 301 g/mol. The highest BCUT2D eigenvalue weighted by atomic mass is 16.1. The van der Waals surface area contributed by atoms with Crippen molar-refractivity contribution in [3.8, 4) is 0 Å². The van der Waals surface area contributed by atoms with Crippen molar-refractivity contribution < 1.29 is 4.79 Å². The molecule has 0 radical (unpaired) electrons. The topological polar surface area (TPSA) is 82.7 Å². The van der Waals surface area contributed by atoms with Crippen LogP contribution < -0.4 is 10.6 Å². The Morgan fingerprint density at radius 1 is 1.27 bits per heavy atom. The highest BCUT2D eigenvalue weighted by Gasteiger charge is 2.04. The summed E-state index contributed by atoms with van der Waals surface area (Å²) in [5, 5.41) is 6.11. The number of hydrogen-bond donors (Lipinski definition) is 3. The van der Waals surface area contributed by atoms with Crippen molar-refractivity contribution in [3.05, 3.63) is 42.1 Å². The smallest absolute Gasteiger partial charge is 0.225 e. The molecule has 0 spiro atoms. The summed E-state index contributed by atoms with van der Waals surface area (Å²) in [5.74, 6) is 1.53. The summed E-state index contributed by atoms with van der Waals surface area (Å²) in [5.41, 5.74) is 0.887. The number of amides is 1. The van der Waals surface area contributed by atoms with E-state index in [1.54, 1.807) is 12.4 Å². The first-order valence-corrected chi connectivity index (χ1v) is 7.72. The molecule has 0 unspecified atom stereocenters. The Morgan fingerprint density at radius 2 is 2.18 bits per heavy atom. The van der Waals surface area contributed by atoms with Gasteiger partial charge in [-0.05, 0) is 18.6 Å². The van der Waals surface area contributed by atoms with Gasteiger partial charge in [-0.3, -0.25) is 4.79 Å². The third kappa shape index (κ3) is 5.65. The van der Waals surface area contributed by atoms with Crippen LogP contribution in [0.4, 0.5) is 5.82 Å². The van der Waals surface area contributed by atoms with Crippen molar-refractivity contribution in [2.75, 3.05) is 5.32 Å². The zero-order valence-corrected chi connectivity index (χ0v) is 12.9. The van der Waals surface area contributed by atoms with Crippen molar-refractivity contribution in [3.63, 3.8) is 0 Å². The number of pyridine rings is 1. The lowest BCUT2D eigenvalue weighted by molar-refractivity contribution is -0.116. The van der Waals surface area contributed by atoms with E-state index >= 15 is 0 Å². The molecule has 0 aliphatic rings. The van der Waals surface area contributed by atoms with Crippen molar-refractivity contribution in [1.29, 1.82) is 0 Å². The number of nitrogens with zero attached hydrogens (tertiary/aromatic N) is 2. The number of aromatic amines is 1. The first-order chi connectivity index (χ1) is 10.8. The molecule has 6 nitrogen and oxygen atoms in total. The highest BCUT2D eigenvalue weighted by molar-refractivity contribution is 5.89. The molecule has 3 N–H and O–H groups in total. The van der Waals surface area contributed by atoms with E-state index in [1.807, 2.05) is 18.2 Å². The van der Waals surface area contributed by atoms with Crippen molar-refractivity contribution in [2.24, 2.45) is 0 Å². The quantitative estimate of drug-likeness (QED) is 0.622. The lowest BCUT2D eigenvalue weighted by atomic mass is 10.2. The molecule has 2 aromatic heterocycles. The van der Waals surface area contributed by atoms with E-state index in [-0.39, 0.29) is 5.91 Å². The van der Waals surface area contributed by atoms with E-state index < -0.39 is 0 Å². The Morgan fingerprint density at radius 3 is 2.95 bits per heavy atom. The second-order valence-electron chi connectivity index (χ2n) is 5.16. The second-order valence-corrected chi connectivity index (χ2v) is 5.16. The molecule has 0 aliphatic heterocycles. The maximum Gasteiger partial charge on any atom is 0.225 e. The fourth-order valence-corrected chi connectivity index (χ4v) is 2.09. The van der Waals surface area contributed by atoms with Gasteiger partial charge in [0, 0.05) is 25.4 Å². The summed E-state index contributed by atoms with van der Waals surface area (Å²) in [6.07, 6.45) is 7.19. The predicted molar refractivity (Wildman–Crippen MR) is 86.1 cm³/mol. The number of rotatable bonds is 9. The number of H-pyrrole nitrogens is 1. The molecule has 0 aromatic carbocycles. The van der Waals surface area contributed by atoms with E-state index in [1.165, 1.54) is 0 Å². The van der Waals surface area contributed by atoms with E-state index in [4.69, 9.17) is 0 Å². The van der Waals surface area contributed by atoms with Crippen LogP contribution >= 0.6 is 0 Å². The fraction of sp³-hybridized carbons (Fsp3) is 0.438. The molecular formula is C16H23N5O. The molecule has 2 aromatic rings. The van der Waals surface area contributed by atoms with Crippen LogP contribution in [-0.4, -0.2) is 20.9 Å². The van der Waals surface area contributed by atoms with E-state index in [2.05, 4.69) is 32.5 Å². The van der Waals surface area contributed by atoms with Crippen LogP contribution in [0.1, 0.15) is 44.1 Å². The number of carbonyl (C=O) groups is 1. The van der Waals surface area contributed by atoms with Crippen LogP contribution in [0.2, 0.25) is 0 Å². The zero-order valence-electron chi connectivity index (χ0n) is 12.9. The first-order valence-electron chi connectivity index (χ1n) is 7.72. The first kappa shape index (κ1) is 16.2. The van der Waals surface area contributed by atoms with E-state index in [0.717, 1.165) is 30.8 Å². The van der Waals surface area contributed by atoms with Crippen LogP contribution in [0.25, 0.3) is 0 Å². The number of nitrogens with one attached hydrogen (secondary N) is 3. The van der Waals surface area contributed by atoms with Gasteiger partial charge in [0.2, 0.25) is 5.91 Å². The lowest BCUT2D eigenvalue weighted by Gasteiger charge is -2.07. The summed E-state index contributed by atoms with van der Waals surface area (Å²) < 4.78 is 0. The van der Waals surface area contributed by atoms with Crippen molar-refractivity contribution >= 4 is 11.7 Å². The SMILES string of the molecule is CCCCCC(=O)Nc1cccc(CNCc2ncc[nH]2)n1. The average Bonchev–Trinajstić information content (AvgIpc) is 3.01. The number of hydrogen-bond acceptors (Lipinski definition) is 4. The molecular weight excluding hydrogens is 278 g/mol. The molecule has 118 valence electrons. The Kier molecular flexibility index (Phi) is 6.57. The molecule has 0 saturated heterocycles. The molecule has 0 fully saturated rings. The molecule has 0 atom stereocenters. The van der Waals surface area contributed by atoms with Gasteiger partial charge in [-0.25, -0.2) is 9.97 Å². The Bertz CT molecular complexity index is 568. The molecule has 2 rings (SSSR count). The van der Waals surface area contributed by atoms with Gasteiger partial charge < -0.3 is 15.6 Å². The lowest BCUT2D eigenvalue weighted by Crippen LogP contribution is -2.16. The van der Waals surface area contributed by atoms with Gasteiger partial charge in [-0.15, -0.1) is 0 Å². The molecule has 6 heteroatoms. The molecule has 0 saturated carbocycles. The highest BCUT2D eigenvalue weighted by Crippen LogP contribution is 2.07. The van der Waals surface area contributed by atoms with Gasteiger partial charge >= 0.3 is 0 Å². The number of imidazole rings is 1. The number of anilines is 1. The molecule has 0 aliphatic carbocycles. The molecule has 2 heterocycles. The maximum absolute atomic E-state index is 11.8. The second kappa shape index (κ2) is 8.94. The van der Waals surface area contributed by atoms with Gasteiger partial charge in [0.25, 0.3) is 0 Å². The normalized spacial score (nSPS) is 10.6. The van der Waals surface area contributed by atoms with Crippen LogP contribution in [0, 0.1) is 0 Å². The summed E-state index contributed by atoms with van der Waals surface area (Å²) in [6, 6.07) is 5.65.